The molecule has 0 aliphatic carbocycles. The van der Waals surface area contributed by atoms with Gasteiger partial charge in [-0.15, -0.1) is 0 Å². The van der Waals surface area contributed by atoms with Gasteiger partial charge in [0.2, 0.25) is 0 Å². The molecule has 0 aromatic rings. The molecule has 82 valence electrons. The lowest BCUT2D eigenvalue weighted by atomic mass is 10.8. The van der Waals surface area contributed by atoms with Crippen molar-refractivity contribution < 1.29 is 17.6 Å². The molecule has 0 saturated carbocycles. The Balaban J connectivity index is 0. The fourth-order valence-corrected chi connectivity index (χ4v) is 0. The second kappa shape index (κ2) is 5.52. The van der Waals surface area contributed by atoms with Crippen molar-refractivity contribution in [2.75, 3.05) is 0 Å². The van der Waals surface area contributed by atoms with Gasteiger partial charge < -0.3 is 0 Å². The molecule has 0 saturated heterocycles. The van der Waals surface area contributed by atoms with Crippen LogP contribution in [0.2, 0.25) is 0 Å². The minimum absolute atomic E-state index is 2.58. The summed E-state index contributed by atoms with van der Waals surface area (Å²) in [5.74, 6) is 0. The molecule has 0 amide bonds. The molecule has 0 rings (SSSR count). The number of hydrogen-bond acceptors (Lipinski definition) is 0. The fraction of sp³-hybridized carbons (Fsp3) is 1.00. The minimum atomic E-state index is -4.77. The standard InChI is InChI=1S/C2Cl3F3.CCl3F/c3-1(4,5)2(6,7)8;2-1(3,4)5. The third-order valence-electron chi connectivity index (χ3n) is 0.321. The lowest BCUT2D eigenvalue weighted by Gasteiger charge is -2.13. The van der Waals surface area contributed by atoms with Crippen molar-refractivity contribution in [2.24, 2.45) is 0 Å². The number of alkyl halides is 10. The first-order valence-corrected chi connectivity index (χ1v) is 4.41. The van der Waals surface area contributed by atoms with E-state index < -0.39 is 14.0 Å². The second-order valence-electron chi connectivity index (χ2n) is 1.42. The second-order valence-corrected chi connectivity index (χ2v) is 5.85. The van der Waals surface area contributed by atoms with Gasteiger partial charge in [-0.25, -0.2) is 0 Å². The van der Waals surface area contributed by atoms with Crippen LogP contribution in [0, 0.1) is 0 Å². The third-order valence-corrected chi connectivity index (χ3v) is 0.964. The van der Waals surface area contributed by atoms with Crippen LogP contribution in [0.5, 0.6) is 0 Å². The number of rotatable bonds is 0. The molecule has 0 aliphatic rings. The van der Waals surface area contributed by atoms with E-state index in [4.69, 9.17) is 0 Å². The molecule has 0 nitrogen and oxygen atoms in total. The molecule has 0 aromatic heterocycles. The highest BCUT2D eigenvalue weighted by molar-refractivity contribution is 6.68. The van der Waals surface area contributed by atoms with E-state index in [1.807, 2.05) is 0 Å². The summed E-state index contributed by atoms with van der Waals surface area (Å²) in [6.07, 6.45) is -4.77. The van der Waals surface area contributed by atoms with E-state index in [0.29, 0.717) is 0 Å². The zero-order chi connectivity index (χ0) is 11.5. The van der Waals surface area contributed by atoms with Crippen molar-refractivity contribution in [3.05, 3.63) is 0 Å². The molecule has 0 fully saturated rings. The van der Waals surface area contributed by atoms with Crippen LogP contribution < -0.4 is 0 Å². The lowest BCUT2D eigenvalue weighted by molar-refractivity contribution is -0.124. The topological polar surface area (TPSA) is 0 Å². The summed E-state index contributed by atoms with van der Waals surface area (Å²) in [6, 6.07) is 0. The first-order valence-electron chi connectivity index (χ1n) is 2.14. The molecule has 0 aliphatic heterocycles. The Morgan fingerprint density at radius 3 is 0.692 bits per heavy atom. The molecule has 0 aromatic carbocycles. The maximum absolute atomic E-state index is 11.2. The summed E-state index contributed by atoms with van der Waals surface area (Å²) in [5, 5.41) is 0. The monoisotopic (exact) mass is 322 g/mol. The highest BCUT2D eigenvalue weighted by atomic mass is 35.6. The first kappa shape index (κ1) is 16.9. The average Bonchev–Trinajstić information content (AvgIpc) is 1.50. The van der Waals surface area contributed by atoms with Gasteiger partial charge in [-0.05, 0) is 34.8 Å². The summed E-state index contributed by atoms with van der Waals surface area (Å²) in [7, 11) is 0. The summed E-state index contributed by atoms with van der Waals surface area (Å²) in [6.45, 7) is 0. The zero-order valence-electron chi connectivity index (χ0n) is 5.28. The predicted octanol–water partition coefficient (Wildman–Crippen LogP) is 5.20. The molecule has 0 heterocycles. The van der Waals surface area contributed by atoms with E-state index in [1.165, 1.54) is 0 Å². The molecular formula is C3Cl6F4. The Labute approximate surface area is 101 Å². The van der Waals surface area contributed by atoms with Gasteiger partial charge in [0, 0.05) is 0 Å². The average molecular weight is 325 g/mol. The maximum atomic E-state index is 11.2. The van der Waals surface area contributed by atoms with Crippen molar-refractivity contribution >= 4 is 69.6 Å². The van der Waals surface area contributed by atoms with Crippen molar-refractivity contribution in [3.63, 3.8) is 0 Å². The summed E-state index contributed by atoms with van der Waals surface area (Å²) in [5.41, 5.74) is 0. The summed E-state index contributed by atoms with van der Waals surface area (Å²) < 4.78 is 38.8. The minimum Gasteiger partial charge on any atom is -0.189 e. The number of hydrogen-bond donors (Lipinski definition) is 0. The van der Waals surface area contributed by atoms with Gasteiger partial charge >= 0.3 is 10.2 Å². The molecule has 0 radical (unpaired) electrons. The van der Waals surface area contributed by atoms with Crippen LogP contribution in [-0.2, 0) is 0 Å². The number of halogens is 10. The van der Waals surface area contributed by atoms with Gasteiger partial charge in [0.25, 0.3) is 3.79 Å². The Morgan fingerprint density at radius 2 is 0.692 bits per heavy atom. The third kappa shape index (κ3) is 16.2. The Morgan fingerprint density at radius 1 is 0.615 bits per heavy atom. The zero-order valence-corrected chi connectivity index (χ0v) is 9.82. The van der Waals surface area contributed by atoms with Gasteiger partial charge in [-0.3, -0.25) is 0 Å². The largest absolute Gasteiger partial charge is 0.435 e. The first-order chi connectivity index (χ1) is 5.25. The van der Waals surface area contributed by atoms with Gasteiger partial charge in [-0.2, -0.15) is 17.6 Å². The van der Waals surface area contributed by atoms with Crippen LogP contribution in [-0.4, -0.2) is 14.0 Å². The van der Waals surface area contributed by atoms with Crippen LogP contribution in [0.25, 0.3) is 0 Å². The van der Waals surface area contributed by atoms with Crippen LogP contribution in [0.4, 0.5) is 17.6 Å². The SMILES string of the molecule is FC(Cl)(Cl)Cl.FC(F)(F)C(Cl)(Cl)Cl. The highest BCUT2D eigenvalue weighted by Crippen LogP contribution is 2.42. The van der Waals surface area contributed by atoms with E-state index >= 15 is 0 Å². The summed E-state index contributed by atoms with van der Waals surface area (Å²) >= 11 is 26.4. The Kier molecular flexibility index (Phi) is 7.16. The van der Waals surface area contributed by atoms with Crippen LogP contribution in [0.15, 0.2) is 0 Å². The van der Waals surface area contributed by atoms with Gasteiger partial charge in [0.1, 0.15) is 0 Å². The van der Waals surface area contributed by atoms with Gasteiger partial charge in [0.15, 0.2) is 0 Å². The smallest absolute Gasteiger partial charge is 0.189 e. The lowest BCUT2D eigenvalue weighted by Crippen LogP contribution is -2.27. The summed E-state index contributed by atoms with van der Waals surface area (Å²) in [4.78, 5) is 0. The Hall–Kier alpha value is 1.46. The fourth-order valence-electron chi connectivity index (χ4n) is 0. The molecule has 0 bridgehead atoms. The van der Waals surface area contributed by atoms with Crippen LogP contribution in [0.1, 0.15) is 0 Å². The quantitative estimate of drug-likeness (QED) is 0.424. The van der Waals surface area contributed by atoms with Crippen molar-refractivity contribution in [2.45, 2.75) is 14.0 Å². The van der Waals surface area contributed by atoms with E-state index in [-0.39, 0.29) is 0 Å². The van der Waals surface area contributed by atoms with Gasteiger partial charge in [-0.1, -0.05) is 34.8 Å². The van der Waals surface area contributed by atoms with Crippen molar-refractivity contribution in [1.82, 2.24) is 0 Å². The Bertz CT molecular complexity index is 123. The van der Waals surface area contributed by atoms with E-state index in [2.05, 4.69) is 69.6 Å². The predicted molar refractivity (Wildman–Crippen MR) is 47.7 cm³/mol. The molecule has 10 heteroatoms. The van der Waals surface area contributed by atoms with Crippen molar-refractivity contribution in [3.8, 4) is 0 Å². The van der Waals surface area contributed by atoms with Crippen LogP contribution >= 0.6 is 69.6 Å². The van der Waals surface area contributed by atoms with Gasteiger partial charge in [0.05, 0.1) is 0 Å². The molecule has 0 N–H and O–H groups in total. The van der Waals surface area contributed by atoms with Crippen molar-refractivity contribution in [1.29, 1.82) is 0 Å². The molecular weight excluding hydrogens is 325 g/mol. The van der Waals surface area contributed by atoms with Crippen LogP contribution in [0.3, 0.4) is 0 Å². The van der Waals surface area contributed by atoms with E-state index in [1.54, 1.807) is 0 Å². The molecule has 0 spiro atoms. The molecule has 13 heavy (non-hydrogen) atoms. The molecule has 0 atom stereocenters. The molecule has 0 unspecified atom stereocenters. The highest BCUT2D eigenvalue weighted by Gasteiger charge is 2.51. The maximum Gasteiger partial charge on any atom is 0.435 e. The van der Waals surface area contributed by atoms with E-state index in [9.17, 15) is 17.6 Å². The van der Waals surface area contributed by atoms with E-state index in [0.717, 1.165) is 0 Å². The normalized spacial score (nSPS) is 13.4.